The first-order chi connectivity index (χ1) is 17.7. The van der Waals surface area contributed by atoms with Crippen LogP contribution in [0.2, 0.25) is 0 Å². The second-order valence-corrected chi connectivity index (χ2v) is 9.89. The summed E-state index contributed by atoms with van der Waals surface area (Å²) >= 11 is 0. The number of halogens is 1. The predicted octanol–water partition coefficient (Wildman–Crippen LogP) is 6.38. The molecule has 0 unspecified atom stereocenters. The number of para-hydroxylation sites is 1. The van der Waals surface area contributed by atoms with Gasteiger partial charge in [-0.2, -0.15) is 0 Å². The fraction of sp³-hybridized carbons (Fsp3) is 0.207. The number of ether oxygens (including phenoxy) is 1. The maximum absolute atomic E-state index is 13.8. The third-order valence-corrected chi connectivity index (χ3v) is 6.40. The maximum atomic E-state index is 13.8. The number of carbonyl (C=O) groups excluding carboxylic acids is 2. The van der Waals surface area contributed by atoms with Crippen molar-refractivity contribution in [1.82, 2.24) is 9.97 Å². The van der Waals surface area contributed by atoms with E-state index in [1.54, 1.807) is 12.3 Å². The predicted molar refractivity (Wildman–Crippen MR) is 141 cm³/mol. The van der Waals surface area contributed by atoms with Gasteiger partial charge < -0.3 is 20.4 Å². The van der Waals surface area contributed by atoms with E-state index in [2.05, 4.69) is 34.4 Å². The second kappa shape index (κ2) is 9.54. The van der Waals surface area contributed by atoms with Crippen molar-refractivity contribution < 1.29 is 18.7 Å². The van der Waals surface area contributed by atoms with Crippen LogP contribution in [0.1, 0.15) is 46.7 Å². The molecule has 1 amide bonds. The molecule has 37 heavy (non-hydrogen) atoms. The second-order valence-electron chi connectivity index (χ2n) is 9.89. The van der Waals surface area contributed by atoms with Crippen LogP contribution < -0.4 is 15.4 Å². The molecular formula is C29H27FN4O3. The summed E-state index contributed by atoms with van der Waals surface area (Å²) in [5.41, 5.74) is 4.68. The summed E-state index contributed by atoms with van der Waals surface area (Å²) in [5, 5.41) is 6.19. The fourth-order valence-corrected chi connectivity index (χ4v) is 4.71. The molecule has 5 rings (SSSR count). The lowest BCUT2D eigenvalue weighted by atomic mass is 9.76. The highest BCUT2D eigenvalue weighted by Crippen LogP contribution is 2.43. The molecule has 3 N–H and O–H groups in total. The van der Waals surface area contributed by atoms with Gasteiger partial charge in [-0.05, 0) is 54.3 Å². The number of aromatic nitrogens is 2. The lowest BCUT2D eigenvalue weighted by Gasteiger charge is -2.28. The molecule has 2 aromatic heterocycles. The Balaban J connectivity index is 1.52. The Bertz CT molecular complexity index is 1490. The van der Waals surface area contributed by atoms with E-state index in [4.69, 9.17) is 4.74 Å². The van der Waals surface area contributed by atoms with E-state index in [1.807, 2.05) is 36.4 Å². The molecule has 0 radical (unpaired) electrons. The highest BCUT2D eigenvalue weighted by atomic mass is 19.1. The molecule has 7 nitrogen and oxygen atoms in total. The van der Waals surface area contributed by atoms with Gasteiger partial charge in [-0.25, -0.2) is 9.37 Å². The Kier molecular flexibility index (Phi) is 6.25. The Labute approximate surface area is 214 Å². The molecule has 4 aromatic rings. The minimum absolute atomic E-state index is 0.0180. The number of carbonyl (C=O) groups is 2. The lowest BCUT2D eigenvalue weighted by Crippen LogP contribution is -2.26. The van der Waals surface area contributed by atoms with Crippen molar-refractivity contribution in [3.63, 3.8) is 0 Å². The zero-order valence-corrected chi connectivity index (χ0v) is 20.8. The van der Waals surface area contributed by atoms with Gasteiger partial charge in [0, 0.05) is 35.1 Å². The van der Waals surface area contributed by atoms with E-state index in [0.29, 0.717) is 23.5 Å². The van der Waals surface area contributed by atoms with E-state index in [9.17, 15) is 14.0 Å². The molecule has 2 heterocycles. The number of amides is 1. The quantitative estimate of drug-likeness (QED) is 0.287. The number of benzene rings is 2. The Hall–Kier alpha value is -4.46. The van der Waals surface area contributed by atoms with Gasteiger partial charge >= 0.3 is 0 Å². The van der Waals surface area contributed by atoms with Gasteiger partial charge in [0.25, 0.3) is 5.91 Å². The number of pyridine rings is 1. The number of fused-ring (bicyclic) bond motifs is 1. The monoisotopic (exact) mass is 498 g/mol. The number of nitrogens with one attached hydrogen (secondary N) is 3. The third kappa shape index (κ3) is 4.95. The van der Waals surface area contributed by atoms with E-state index >= 15 is 0 Å². The first-order valence-electron chi connectivity index (χ1n) is 12.0. The average molecular weight is 499 g/mol. The topological polar surface area (TPSA) is 96.1 Å². The van der Waals surface area contributed by atoms with Crippen LogP contribution in [0.25, 0.3) is 11.3 Å². The van der Waals surface area contributed by atoms with Crippen LogP contribution in [0.3, 0.4) is 0 Å². The van der Waals surface area contributed by atoms with Crippen LogP contribution in [-0.2, 0) is 6.42 Å². The molecule has 0 bridgehead atoms. The Morgan fingerprint density at radius 2 is 1.86 bits per heavy atom. The van der Waals surface area contributed by atoms with Gasteiger partial charge in [0.05, 0.1) is 24.1 Å². The van der Waals surface area contributed by atoms with Gasteiger partial charge in [0.1, 0.15) is 5.82 Å². The van der Waals surface area contributed by atoms with Crippen molar-refractivity contribution in [1.29, 1.82) is 0 Å². The highest BCUT2D eigenvalue weighted by Gasteiger charge is 2.35. The minimum Gasteiger partial charge on any atom is -0.494 e. The van der Waals surface area contributed by atoms with Gasteiger partial charge in [0.15, 0.2) is 17.3 Å². The number of methoxy groups -OCH3 is 1. The van der Waals surface area contributed by atoms with Crippen LogP contribution in [0.4, 0.5) is 21.6 Å². The lowest BCUT2D eigenvalue weighted by molar-refractivity contribution is 0.0912. The van der Waals surface area contributed by atoms with Crippen molar-refractivity contribution in [2.75, 3.05) is 17.7 Å². The first kappa shape index (κ1) is 24.2. The largest absolute Gasteiger partial charge is 0.494 e. The highest BCUT2D eigenvalue weighted by molar-refractivity contribution is 6.08. The summed E-state index contributed by atoms with van der Waals surface area (Å²) in [6.07, 6.45) is 2.78. The first-order valence-corrected chi connectivity index (χ1v) is 12.0. The zero-order chi connectivity index (χ0) is 26.2. The van der Waals surface area contributed by atoms with Gasteiger partial charge in [-0.3, -0.25) is 9.59 Å². The number of ketones is 1. The molecule has 188 valence electrons. The molecule has 0 aliphatic heterocycles. The molecule has 0 fully saturated rings. The van der Waals surface area contributed by atoms with Gasteiger partial charge in [-0.15, -0.1) is 0 Å². The molecule has 1 aliphatic rings. The van der Waals surface area contributed by atoms with Gasteiger partial charge in [0.2, 0.25) is 0 Å². The Morgan fingerprint density at radius 1 is 1.08 bits per heavy atom. The maximum Gasteiger partial charge on any atom is 0.256 e. The van der Waals surface area contributed by atoms with Crippen molar-refractivity contribution in [2.24, 2.45) is 5.41 Å². The molecule has 0 saturated carbocycles. The zero-order valence-electron chi connectivity index (χ0n) is 20.8. The normalized spacial score (nSPS) is 14.1. The number of anilines is 3. The number of hydrogen-bond donors (Lipinski definition) is 3. The summed E-state index contributed by atoms with van der Waals surface area (Å²) in [5.74, 6) is -0.620. The summed E-state index contributed by atoms with van der Waals surface area (Å²) in [6.45, 7) is 4.17. The number of Topliss-reactive ketones (excluding diaryl/α,β-unsaturated/α-hetero) is 1. The minimum atomic E-state index is -0.550. The fourth-order valence-electron chi connectivity index (χ4n) is 4.71. The summed E-state index contributed by atoms with van der Waals surface area (Å²) in [6, 6.07) is 17.1. The van der Waals surface area contributed by atoms with Crippen molar-refractivity contribution >= 4 is 28.9 Å². The van der Waals surface area contributed by atoms with Crippen molar-refractivity contribution in [3.8, 4) is 17.0 Å². The van der Waals surface area contributed by atoms with Crippen molar-refractivity contribution in [3.05, 3.63) is 89.5 Å². The number of hydrogen-bond acceptors (Lipinski definition) is 5. The van der Waals surface area contributed by atoms with Crippen LogP contribution in [0.15, 0.2) is 66.9 Å². The van der Waals surface area contributed by atoms with Gasteiger partial charge in [-0.1, -0.05) is 32.0 Å². The van der Waals surface area contributed by atoms with Crippen LogP contribution in [0.5, 0.6) is 5.75 Å². The number of nitrogens with zero attached hydrogens (tertiary/aromatic N) is 1. The SMILES string of the molecule is COc1cc(C(=O)Nc2cc(-c3[nH]c4c(c3Nc3ccccc3)C(=O)CC(C)(C)C4)ccn2)ccc1F. The summed E-state index contributed by atoms with van der Waals surface area (Å²) in [7, 11) is 1.34. The molecule has 1 aliphatic carbocycles. The molecule has 2 aromatic carbocycles. The molecular weight excluding hydrogens is 471 g/mol. The molecule has 0 saturated heterocycles. The smallest absolute Gasteiger partial charge is 0.256 e. The van der Waals surface area contributed by atoms with E-state index in [1.165, 1.54) is 25.3 Å². The van der Waals surface area contributed by atoms with Crippen LogP contribution in [-0.4, -0.2) is 28.8 Å². The summed E-state index contributed by atoms with van der Waals surface area (Å²) in [4.78, 5) is 33.8. The van der Waals surface area contributed by atoms with E-state index < -0.39 is 11.7 Å². The van der Waals surface area contributed by atoms with E-state index in [-0.39, 0.29) is 22.5 Å². The summed E-state index contributed by atoms with van der Waals surface area (Å²) < 4.78 is 18.7. The van der Waals surface area contributed by atoms with Crippen LogP contribution >= 0.6 is 0 Å². The van der Waals surface area contributed by atoms with E-state index in [0.717, 1.165) is 29.1 Å². The number of aromatic amines is 1. The Morgan fingerprint density at radius 3 is 2.62 bits per heavy atom. The van der Waals surface area contributed by atoms with Crippen molar-refractivity contribution in [2.45, 2.75) is 26.7 Å². The molecule has 0 spiro atoms. The van der Waals surface area contributed by atoms with Crippen LogP contribution in [0, 0.1) is 11.2 Å². The number of H-pyrrole nitrogens is 1. The number of rotatable bonds is 6. The molecule has 8 heteroatoms. The standard InChI is InChI=1S/C29H27FN4O3/c1-29(2)15-21-25(22(35)16-29)27(32-19-7-5-4-6-8-19)26(33-21)17-11-12-31-24(14-17)34-28(36)18-9-10-20(30)23(13-18)37-3/h4-14,32-33H,15-16H2,1-3H3,(H,31,34,36). The average Bonchev–Trinajstić information content (AvgIpc) is 3.22. The third-order valence-electron chi connectivity index (χ3n) is 6.40. The molecule has 0 atom stereocenters.